The molecule has 106 valence electrons. The largest absolute Gasteiger partial charge is 0.366 e. The number of carbonyl (C=O) groups excluding carboxylic acids is 1. The molecule has 2 aromatic rings. The first kappa shape index (κ1) is 15.4. The number of ketones is 1. The molecule has 21 heavy (non-hydrogen) atoms. The number of likely N-dealkylation sites (N-methyl/N-ethyl adjacent to an activating group) is 1. The van der Waals surface area contributed by atoms with Crippen LogP contribution >= 0.6 is 23.2 Å². The molecule has 0 spiro atoms. The number of nitriles is 1. The molecule has 0 saturated carbocycles. The number of rotatable bonds is 4. The van der Waals surface area contributed by atoms with Crippen molar-refractivity contribution >= 4 is 34.7 Å². The van der Waals surface area contributed by atoms with Crippen LogP contribution in [-0.4, -0.2) is 19.4 Å². The molecule has 0 saturated heterocycles. The highest BCUT2D eigenvalue weighted by molar-refractivity contribution is 6.36. The van der Waals surface area contributed by atoms with Gasteiger partial charge in [-0.15, -0.1) is 0 Å². The van der Waals surface area contributed by atoms with E-state index in [0.29, 0.717) is 26.9 Å². The average molecular weight is 319 g/mol. The zero-order valence-corrected chi connectivity index (χ0v) is 12.8. The van der Waals surface area contributed by atoms with Crippen LogP contribution in [0.4, 0.5) is 5.69 Å². The number of anilines is 1. The van der Waals surface area contributed by atoms with Gasteiger partial charge in [0.2, 0.25) is 0 Å². The Morgan fingerprint density at radius 2 is 1.95 bits per heavy atom. The third kappa shape index (κ3) is 3.55. The van der Waals surface area contributed by atoms with E-state index in [1.807, 2.05) is 6.07 Å². The van der Waals surface area contributed by atoms with Gasteiger partial charge >= 0.3 is 0 Å². The maximum Gasteiger partial charge on any atom is 0.183 e. The molecule has 0 bridgehead atoms. The fourth-order valence-corrected chi connectivity index (χ4v) is 2.39. The summed E-state index contributed by atoms with van der Waals surface area (Å²) in [5.74, 6) is -0.155. The lowest BCUT2D eigenvalue weighted by Gasteiger charge is -2.19. The van der Waals surface area contributed by atoms with E-state index in [-0.39, 0.29) is 12.3 Å². The van der Waals surface area contributed by atoms with Crippen molar-refractivity contribution in [3.63, 3.8) is 0 Å². The van der Waals surface area contributed by atoms with Gasteiger partial charge in [0.05, 0.1) is 22.8 Å². The quantitative estimate of drug-likeness (QED) is 0.794. The van der Waals surface area contributed by atoms with Crippen molar-refractivity contribution in [3.8, 4) is 6.07 Å². The average Bonchev–Trinajstić information content (AvgIpc) is 2.49. The Balaban J connectivity index is 2.23. The number of nitrogens with zero attached hydrogens (tertiary/aromatic N) is 2. The summed E-state index contributed by atoms with van der Waals surface area (Å²) >= 11 is 11.9. The number of carbonyl (C=O) groups is 1. The second-order valence-corrected chi connectivity index (χ2v) is 5.38. The first-order chi connectivity index (χ1) is 10.0. The first-order valence-electron chi connectivity index (χ1n) is 6.21. The van der Waals surface area contributed by atoms with Crippen LogP contribution in [0.1, 0.15) is 15.9 Å². The minimum absolute atomic E-state index is 0.110. The minimum Gasteiger partial charge on any atom is -0.366 e. The number of para-hydroxylation sites is 1. The van der Waals surface area contributed by atoms with Crippen LogP contribution in [0.2, 0.25) is 10.0 Å². The first-order valence-corrected chi connectivity index (χ1v) is 6.97. The molecular weight excluding hydrogens is 307 g/mol. The summed E-state index contributed by atoms with van der Waals surface area (Å²) in [6, 6.07) is 14.0. The van der Waals surface area contributed by atoms with Crippen LogP contribution < -0.4 is 4.90 Å². The summed E-state index contributed by atoms with van der Waals surface area (Å²) in [6.45, 7) is 0.110. The number of benzene rings is 2. The molecular formula is C16H12Cl2N2O. The number of hydrogen-bond acceptors (Lipinski definition) is 3. The van der Waals surface area contributed by atoms with Crippen molar-refractivity contribution in [2.24, 2.45) is 0 Å². The fraction of sp³-hybridized carbons (Fsp3) is 0.125. The van der Waals surface area contributed by atoms with Crippen LogP contribution in [-0.2, 0) is 0 Å². The lowest BCUT2D eigenvalue weighted by Crippen LogP contribution is -2.26. The van der Waals surface area contributed by atoms with E-state index in [2.05, 4.69) is 6.07 Å². The molecule has 0 fully saturated rings. The van der Waals surface area contributed by atoms with Gasteiger partial charge in [-0.25, -0.2) is 0 Å². The van der Waals surface area contributed by atoms with Gasteiger partial charge in [-0.05, 0) is 30.3 Å². The van der Waals surface area contributed by atoms with Crippen LogP contribution in [0.15, 0.2) is 42.5 Å². The number of Topliss-reactive ketones (excluding diaryl/α,β-unsaturated/α-hetero) is 1. The SMILES string of the molecule is CN(CC(=O)c1cc(Cl)ccc1Cl)c1ccccc1C#N. The molecule has 0 amide bonds. The molecule has 2 aromatic carbocycles. The van der Waals surface area contributed by atoms with Crippen LogP contribution in [0, 0.1) is 11.3 Å². The maximum atomic E-state index is 12.3. The van der Waals surface area contributed by atoms with E-state index in [9.17, 15) is 4.79 Å². The molecule has 0 N–H and O–H groups in total. The molecule has 3 nitrogen and oxygen atoms in total. The van der Waals surface area contributed by atoms with Gasteiger partial charge in [-0.3, -0.25) is 4.79 Å². The Labute approximate surface area is 133 Å². The Hall–Kier alpha value is -2.02. The summed E-state index contributed by atoms with van der Waals surface area (Å²) in [6.07, 6.45) is 0. The molecule has 0 unspecified atom stereocenters. The predicted octanol–water partition coefficient (Wildman–Crippen LogP) is 4.18. The fourth-order valence-electron chi connectivity index (χ4n) is 2.00. The smallest absolute Gasteiger partial charge is 0.183 e. The van der Waals surface area contributed by atoms with Gasteiger partial charge < -0.3 is 4.90 Å². The molecule has 2 rings (SSSR count). The highest BCUT2D eigenvalue weighted by atomic mass is 35.5. The predicted molar refractivity (Wildman–Crippen MR) is 85.2 cm³/mol. The molecule has 0 heterocycles. The lowest BCUT2D eigenvalue weighted by molar-refractivity contribution is 0.100. The normalized spacial score (nSPS) is 10.0. The van der Waals surface area contributed by atoms with Gasteiger partial charge in [-0.2, -0.15) is 5.26 Å². The highest BCUT2D eigenvalue weighted by Crippen LogP contribution is 2.23. The van der Waals surface area contributed by atoms with E-state index in [0.717, 1.165) is 0 Å². The third-order valence-electron chi connectivity index (χ3n) is 3.05. The molecule has 0 aliphatic rings. The molecule has 0 atom stereocenters. The zero-order valence-electron chi connectivity index (χ0n) is 11.3. The van der Waals surface area contributed by atoms with Crippen molar-refractivity contribution in [1.82, 2.24) is 0 Å². The molecule has 0 aromatic heterocycles. The van der Waals surface area contributed by atoms with Gasteiger partial charge in [0.25, 0.3) is 0 Å². The maximum absolute atomic E-state index is 12.3. The topological polar surface area (TPSA) is 44.1 Å². The Morgan fingerprint density at radius 3 is 2.67 bits per heavy atom. The summed E-state index contributed by atoms with van der Waals surface area (Å²) < 4.78 is 0. The van der Waals surface area contributed by atoms with Crippen molar-refractivity contribution in [2.45, 2.75) is 0 Å². The summed E-state index contributed by atoms with van der Waals surface area (Å²) in [7, 11) is 1.76. The molecule has 0 aliphatic carbocycles. The second-order valence-electron chi connectivity index (χ2n) is 4.53. The van der Waals surface area contributed by atoms with E-state index in [4.69, 9.17) is 28.5 Å². The Bertz CT molecular complexity index is 722. The van der Waals surface area contributed by atoms with Crippen LogP contribution in [0.25, 0.3) is 0 Å². The van der Waals surface area contributed by atoms with E-state index >= 15 is 0 Å². The van der Waals surface area contributed by atoms with Gasteiger partial charge in [-0.1, -0.05) is 35.3 Å². The van der Waals surface area contributed by atoms with Crippen molar-refractivity contribution < 1.29 is 4.79 Å². The number of hydrogen-bond donors (Lipinski definition) is 0. The Morgan fingerprint density at radius 1 is 1.24 bits per heavy atom. The van der Waals surface area contributed by atoms with Crippen molar-refractivity contribution in [1.29, 1.82) is 5.26 Å². The Kier molecular flexibility index (Phi) is 4.85. The van der Waals surface area contributed by atoms with Gasteiger partial charge in [0.15, 0.2) is 5.78 Å². The third-order valence-corrected chi connectivity index (χ3v) is 3.61. The zero-order chi connectivity index (χ0) is 15.4. The van der Waals surface area contributed by atoms with Gasteiger partial charge in [0.1, 0.15) is 6.07 Å². The van der Waals surface area contributed by atoms with Crippen LogP contribution in [0.5, 0.6) is 0 Å². The van der Waals surface area contributed by atoms with E-state index < -0.39 is 0 Å². The molecule has 5 heteroatoms. The standard InChI is InChI=1S/C16H12Cl2N2O/c1-20(15-5-3-2-4-11(15)9-19)10-16(21)13-8-12(17)6-7-14(13)18/h2-8H,10H2,1H3. The molecule has 0 radical (unpaired) electrons. The van der Waals surface area contributed by atoms with E-state index in [1.54, 1.807) is 48.3 Å². The van der Waals surface area contributed by atoms with E-state index in [1.165, 1.54) is 0 Å². The van der Waals surface area contributed by atoms with Crippen LogP contribution in [0.3, 0.4) is 0 Å². The molecule has 0 aliphatic heterocycles. The summed E-state index contributed by atoms with van der Waals surface area (Å²) in [5.41, 5.74) is 1.60. The minimum atomic E-state index is -0.155. The summed E-state index contributed by atoms with van der Waals surface area (Å²) in [4.78, 5) is 14.1. The highest BCUT2D eigenvalue weighted by Gasteiger charge is 2.15. The van der Waals surface area contributed by atoms with Crippen molar-refractivity contribution in [2.75, 3.05) is 18.5 Å². The van der Waals surface area contributed by atoms with Gasteiger partial charge in [0, 0.05) is 17.6 Å². The summed E-state index contributed by atoms with van der Waals surface area (Å²) in [5, 5.41) is 9.93. The lowest BCUT2D eigenvalue weighted by atomic mass is 10.1. The second kappa shape index (κ2) is 6.62. The monoisotopic (exact) mass is 318 g/mol. The van der Waals surface area contributed by atoms with Crippen molar-refractivity contribution in [3.05, 3.63) is 63.6 Å². The number of halogens is 2.